The predicted molar refractivity (Wildman–Crippen MR) is 43.1 cm³/mol. The van der Waals surface area contributed by atoms with E-state index in [4.69, 9.17) is 0 Å². The van der Waals surface area contributed by atoms with E-state index in [1.807, 2.05) is 20.8 Å². The van der Waals surface area contributed by atoms with Crippen molar-refractivity contribution in [2.75, 3.05) is 0 Å². The van der Waals surface area contributed by atoms with E-state index in [0.717, 1.165) is 0 Å². The summed E-state index contributed by atoms with van der Waals surface area (Å²) in [5.41, 5.74) is -0.256. The van der Waals surface area contributed by atoms with Crippen molar-refractivity contribution >= 4 is 12.2 Å². The molecule has 0 aromatic carbocycles. The Labute approximate surface area is 67.2 Å². The van der Waals surface area contributed by atoms with Gasteiger partial charge in [0.05, 0.1) is 5.92 Å². The van der Waals surface area contributed by atoms with E-state index in [1.54, 1.807) is 6.92 Å². The lowest BCUT2D eigenvalue weighted by atomic mass is 10.1. The van der Waals surface area contributed by atoms with Gasteiger partial charge in [0.1, 0.15) is 6.29 Å². The molecule has 1 atom stereocenters. The third kappa shape index (κ3) is 4.53. The molecule has 0 spiro atoms. The Morgan fingerprint density at radius 3 is 2.18 bits per heavy atom. The molecule has 0 aliphatic heterocycles. The van der Waals surface area contributed by atoms with Gasteiger partial charge in [-0.05, 0) is 27.7 Å². The predicted octanol–water partition coefficient (Wildman–Crippen LogP) is 0.736. The summed E-state index contributed by atoms with van der Waals surface area (Å²) in [4.78, 5) is 21.2. The van der Waals surface area contributed by atoms with Gasteiger partial charge in [0, 0.05) is 5.54 Å². The second kappa shape index (κ2) is 3.51. The van der Waals surface area contributed by atoms with Gasteiger partial charge in [0.15, 0.2) is 0 Å². The maximum absolute atomic E-state index is 11.0. The minimum absolute atomic E-state index is 0.215. The number of aldehydes is 1. The number of rotatable bonds is 2. The first kappa shape index (κ1) is 10.1. The van der Waals surface area contributed by atoms with E-state index in [9.17, 15) is 9.59 Å². The highest BCUT2D eigenvalue weighted by molar-refractivity contribution is 5.91. The summed E-state index contributed by atoms with van der Waals surface area (Å²) in [7, 11) is 0. The SMILES string of the molecule is CC(C=O)C(=O)NC(C)(C)C. The van der Waals surface area contributed by atoms with Crippen LogP contribution in [0.15, 0.2) is 0 Å². The van der Waals surface area contributed by atoms with Crippen molar-refractivity contribution in [3.05, 3.63) is 0 Å². The van der Waals surface area contributed by atoms with Gasteiger partial charge in [-0.2, -0.15) is 0 Å². The van der Waals surface area contributed by atoms with Crippen molar-refractivity contribution in [3.8, 4) is 0 Å². The van der Waals surface area contributed by atoms with Crippen molar-refractivity contribution in [1.82, 2.24) is 5.32 Å². The van der Waals surface area contributed by atoms with Crippen LogP contribution in [0.4, 0.5) is 0 Å². The molecular weight excluding hydrogens is 142 g/mol. The first-order valence-corrected chi connectivity index (χ1v) is 3.64. The van der Waals surface area contributed by atoms with Crippen LogP contribution in [0.5, 0.6) is 0 Å². The quantitative estimate of drug-likeness (QED) is 0.474. The van der Waals surface area contributed by atoms with Crippen molar-refractivity contribution in [2.24, 2.45) is 5.92 Å². The molecule has 3 nitrogen and oxygen atoms in total. The molecule has 0 aromatic heterocycles. The second-order valence-electron chi connectivity index (χ2n) is 3.66. The fraction of sp³-hybridized carbons (Fsp3) is 0.750. The maximum Gasteiger partial charge on any atom is 0.230 e. The molecule has 1 unspecified atom stereocenters. The van der Waals surface area contributed by atoms with Gasteiger partial charge >= 0.3 is 0 Å². The molecule has 0 rings (SSSR count). The van der Waals surface area contributed by atoms with Crippen LogP contribution in [0.25, 0.3) is 0 Å². The molecule has 0 aliphatic carbocycles. The molecule has 0 saturated heterocycles. The Balaban J connectivity index is 3.98. The Morgan fingerprint density at radius 1 is 1.45 bits per heavy atom. The third-order valence-electron chi connectivity index (χ3n) is 1.12. The molecule has 0 aromatic rings. The molecule has 0 bridgehead atoms. The molecular formula is C8H15NO2. The van der Waals surface area contributed by atoms with Crippen LogP contribution in [0.3, 0.4) is 0 Å². The van der Waals surface area contributed by atoms with Crippen molar-refractivity contribution in [1.29, 1.82) is 0 Å². The summed E-state index contributed by atoms with van der Waals surface area (Å²) in [6.45, 7) is 7.21. The molecule has 0 aliphatic rings. The van der Waals surface area contributed by atoms with E-state index in [2.05, 4.69) is 5.32 Å². The van der Waals surface area contributed by atoms with Crippen LogP contribution < -0.4 is 5.32 Å². The Bertz CT molecular complexity index is 158. The summed E-state index contributed by atoms with van der Waals surface area (Å²) < 4.78 is 0. The van der Waals surface area contributed by atoms with E-state index in [1.165, 1.54) is 0 Å². The standard InChI is InChI=1S/C8H15NO2/c1-6(5-10)7(11)9-8(2,3)4/h5-6H,1-4H3,(H,9,11). The zero-order valence-electron chi connectivity index (χ0n) is 7.47. The van der Waals surface area contributed by atoms with Gasteiger partial charge in [0.2, 0.25) is 5.91 Å². The lowest BCUT2D eigenvalue weighted by Crippen LogP contribution is -2.43. The van der Waals surface area contributed by atoms with Crippen LogP contribution in [-0.2, 0) is 9.59 Å². The van der Waals surface area contributed by atoms with Gasteiger partial charge in [-0.15, -0.1) is 0 Å². The molecule has 1 amide bonds. The van der Waals surface area contributed by atoms with Crippen LogP contribution in [0.1, 0.15) is 27.7 Å². The van der Waals surface area contributed by atoms with Gasteiger partial charge < -0.3 is 10.1 Å². The first-order valence-electron chi connectivity index (χ1n) is 3.64. The third-order valence-corrected chi connectivity index (χ3v) is 1.12. The smallest absolute Gasteiger partial charge is 0.230 e. The van der Waals surface area contributed by atoms with Crippen LogP contribution in [-0.4, -0.2) is 17.7 Å². The van der Waals surface area contributed by atoms with E-state index < -0.39 is 5.92 Å². The molecule has 0 heterocycles. The van der Waals surface area contributed by atoms with Crippen LogP contribution >= 0.6 is 0 Å². The Kier molecular flexibility index (Phi) is 3.23. The number of hydrogen-bond donors (Lipinski definition) is 1. The highest BCUT2D eigenvalue weighted by Crippen LogP contribution is 2.00. The van der Waals surface area contributed by atoms with Crippen LogP contribution in [0.2, 0.25) is 0 Å². The largest absolute Gasteiger partial charge is 0.351 e. The van der Waals surface area contributed by atoms with E-state index in [-0.39, 0.29) is 11.4 Å². The second-order valence-corrected chi connectivity index (χ2v) is 3.66. The monoisotopic (exact) mass is 157 g/mol. The zero-order valence-corrected chi connectivity index (χ0v) is 7.47. The Hall–Kier alpha value is -0.860. The summed E-state index contributed by atoms with van der Waals surface area (Å²) in [5.74, 6) is -0.762. The average molecular weight is 157 g/mol. The normalized spacial score (nSPS) is 13.8. The number of amides is 1. The first-order chi connectivity index (χ1) is 4.87. The number of carbonyl (C=O) groups is 2. The average Bonchev–Trinajstić information content (AvgIpc) is 1.82. The molecule has 0 saturated carbocycles. The van der Waals surface area contributed by atoms with Crippen LogP contribution in [0, 0.1) is 5.92 Å². The zero-order chi connectivity index (χ0) is 9.07. The van der Waals surface area contributed by atoms with Gasteiger partial charge in [-0.3, -0.25) is 4.79 Å². The van der Waals surface area contributed by atoms with Crippen molar-refractivity contribution < 1.29 is 9.59 Å². The summed E-state index contributed by atoms with van der Waals surface area (Å²) >= 11 is 0. The number of carbonyl (C=O) groups excluding carboxylic acids is 2. The fourth-order valence-electron chi connectivity index (χ4n) is 0.545. The molecule has 0 radical (unpaired) electrons. The van der Waals surface area contributed by atoms with E-state index in [0.29, 0.717) is 6.29 Å². The lowest BCUT2D eigenvalue weighted by molar-refractivity contribution is -0.129. The Morgan fingerprint density at radius 2 is 1.91 bits per heavy atom. The minimum Gasteiger partial charge on any atom is -0.351 e. The van der Waals surface area contributed by atoms with Crippen molar-refractivity contribution in [3.63, 3.8) is 0 Å². The van der Waals surface area contributed by atoms with Gasteiger partial charge in [-0.25, -0.2) is 0 Å². The van der Waals surface area contributed by atoms with E-state index >= 15 is 0 Å². The minimum atomic E-state index is -0.547. The number of nitrogens with one attached hydrogen (secondary N) is 1. The van der Waals surface area contributed by atoms with Gasteiger partial charge in [-0.1, -0.05) is 0 Å². The molecule has 0 fully saturated rings. The summed E-state index contributed by atoms with van der Waals surface area (Å²) in [6, 6.07) is 0. The highest BCUT2D eigenvalue weighted by atomic mass is 16.2. The lowest BCUT2D eigenvalue weighted by Gasteiger charge is -2.21. The topological polar surface area (TPSA) is 46.2 Å². The number of hydrogen-bond acceptors (Lipinski definition) is 2. The molecule has 11 heavy (non-hydrogen) atoms. The fourth-order valence-corrected chi connectivity index (χ4v) is 0.545. The van der Waals surface area contributed by atoms with Gasteiger partial charge in [0.25, 0.3) is 0 Å². The van der Waals surface area contributed by atoms with Crippen molar-refractivity contribution in [2.45, 2.75) is 33.2 Å². The summed E-state index contributed by atoms with van der Waals surface area (Å²) in [5, 5.41) is 2.70. The highest BCUT2D eigenvalue weighted by Gasteiger charge is 2.17. The molecule has 1 N–H and O–H groups in total. The maximum atomic E-state index is 11.0. The molecule has 64 valence electrons. The summed E-state index contributed by atoms with van der Waals surface area (Å²) in [6.07, 6.45) is 0.640. The molecule has 3 heteroatoms.